The number of hydrogen-bond acceptors (Lipinski definition) is 1. The molecular weight excluding hydrogens is 687 g/mol. The van der Waals surface area contributed by atoms with Crippen molar-refractivity contribution in [3.05, 3.63) is 281 Å². The van der Waals surface area contributed by atoms with Crippen LogP contribution in [-0.2, 0) is 10.8 Å². The van der Waals surface area contributed by atoms with Crippen molar-refractivity contribution in [3.63, 3.8) is 0 Å². The molecule has 0 aromatic heterocycles. The molecule has 0 spiro atoms. The van der Waals surface area contributed by atoms with Gasteiger partial charge in [0.25, 0.3) is 0 Å². The van der Waals surface area contributed by atoms with Gasteiger partial charge in [0, 0.05) is 17.1 Å². The highest BCUT2D eigenvalue weighted by atomic mass is 15.1. The lowest BCUT2D eigenvalue weighted by molar-refractivity contribution is 0.767. The summed E-state index contributed by atoms with van der Waals surface area (Å²) in [7, 11) is 0. The minimum Gasteiger partial charge on any atom is -0.310 e. The Bertz CT molecular complexity index is 2790. The molecule has 0 saturated heterocycles. The molecule has 0 radical (unpaired) electrons. The molecule has 2 aliphatic carbocycles. The van der Waals surface area contributed by atoms with E-state index >= 15 is 0 Å². The Kier molecular flexibility index (Phi) is 6.97. The first-order chi connectivity index (χ1) is 29.5. The number of para-hydroxylation sites is 1. The fourth-order valence-electron chi connectivity index (χ4n) is 9.98. The van der Waals surface area contributed by atoms with Crippen LogP contribution in [0.1, 0.15) is 48.6 Å². The van der Waals surface area contributed by atoms with E-state index in [1.54, 1.807) is 12.1 Å². The lowest BCUT2D eigenvalue weighted by Crippen LogP contribution is -2.29. The van der Waals surface area contributed by atoms with Crippen LogP contribution in [-0.4, -0.2) is 0 Å². The minimum atomic E-state index is -0.635. The maximum absolute atomic E-state index is 9.41. The molecule has 0 bridgehead atoms. The Hall–Kier alpha value is -7.22. The average molecular weight is 729 g/mol. The lowest BCUT2D eigenvalue weighted by atomic mass is 9.67. The van der Waals surface area contributed by atoms with Crippen LogP contribution in [0.25, 0.3) is 22.3 Å². The predicted molar refractivity (Wildman–Crippen MR) is 236 cm³/mol. The van der Waals surface area contributed by atoms with Gasteiger partial charge < -0.3 is 4.90 Å². The molecule has 57 heavy (non-hydrogen) atoms. The Labute approximate surface area is 339 Å². The number of hydrogen-bond donors (Lipinski definition) is 0. The third kappa shape index (κ3) is 4.82. The summed E-state index contributed by atoms with van der Waals surface area (Å²) >= 11 is 0. The van der Waals surface area contributed by atoms with E-state index in [4.69, 9.17) is 1.37 Å². The normalized spacial score (nSPS) is 14.6. The SMILES string of the molecule is [2H]c1cc([2H])c(N(c2ccc3c(c2)C(c2ccccc2)(c2ccccc2)c2ccccc2-3)c2ccc3c(c2)C(c2ccccc2)(c2ccccc2)c2ccccc2-3)c([2H])c1. The van der Waals surface area contributed by atoms with E-state index in [0.29, 0.717) is 5.69 Å². The summed E-state index contributed by atoms with van der Waals surface area (Å²) in [6, 6.07) is 77.3. The van der Waals surface area contributed by atoms with Crippen molar-refractivity contribution in [1.82, 2.24) is 0 Å². The second kappa shape index (κ2) is 13.2. The molecular formula is C56H39N. The largest absolute Gasteiger partial charge is 0.310 e. The number of rotatable bonds is 7. The molecule has 0 unspecified atom stereocenters. The molecule has 0 atom stereocenters. The van der Waals surface area contributed by atoms with Crippen molar-refractivity contribution in [2.24, 2.45) is 0 Å². The van der Waals surface area contributed by atoms with Gasteiger partial charge in [-0.25, -0.2) is 0 Å². The van der Waals surface area contributed by atoms with Gasteiger partial charge in [0.05, 0.1) is 14.9 Å². The van der Waals surface area contributed by atoms with Crippen molar-refractivity contribution in [2.75, 3.05) is 4.90 Å². The van der Waals surface area contributed by atoms with Crippen molar-refractivity contribution >= 4 is 17.1 Å². The molecule has 1 nitrogen and oxygen atoms in total. The number of nitrogens with zero attached hydrogens (tertiary/aromatic N) is 1. The smallest absolute Gasteiger partial charge is 0.0714 e. The van der Waals surface area contributed by atoms with Crippen molar-refractivity contribution in [2.45, 2.75) is 10.8 Å². The molecule has 0 amide bonds. The molecule has 268 valence electrons. The maximum Gasteiger partial charge on any atom is 0.0714 e. The number of fused-ring (bicyclic) bond motifs is 6. The fourth-order valence-corrected chi connectivity index (χ4v) is 9.98. The van der Waals surface area contributed by atoms with Gasteiger partial charge in [-0.2, -0.15) is 0 Å². The third-order valence-corrected chi connectivity index (χ3v) is 12.2. The van der Waals surface area contributed by atoms with E-state index in [2.05, 4.69) is 211 Å². The Morgan fingerprint density at radius 1 is 0.298 bits per heavy atom. The van der Waals surface area contributed by atoms with Gasteiger partial charge in [0.15, 0.2) is 0 Å². The zero-order chi connectivity index (χ0) is 40.4. The molecule has 0 heterocycles. The van der Waals surface area contributed by atoms with Gasteiger partial charge in [-0.15, -0.1) is 0 Å². The third-order valence-electron chi connectivity index (χ3n) is 12.2. The zero-order valence-corrected chi connectivity index (χ0v) is 31.2. The van der Waals surface area contributed by atoms with Gasteiger partial charge in [-0.1, -0.05) is 200 Å². The first-order valence-corrected chi connectivity index (χ1v) is 19.6. The molecule has 11 rings (SSSR count). The van der Waals surface area contributed by atoms with E-state index < -0.39 is 10.8 Å². The van der Waals surface area contributed by atoms with Crippen LogP contribution >= 0.6 is 0 Å². The number of benzene rings is 9. The van der Waals surface area contributed by atoms with Crippen LogP contribution in [0.5, 0.6) is 0 Å². The van der Waals surface area contributed by atoms with E-state index in [0.717, 1.165) is 55.9 Å². The van der Waals surface area contributed by atoms with Crippen LogP contribution in [0.15, 0.2) is 237 Å². The average Bonchev–Trinajstić information content (AvgIpc) is 3.76. The van der Waals surface area contributed by atoms with E-state index in [1.165, 1.54) is 22.3 Å². The highest BCUT2D eigenvalue weighted by Gasteiger charge is 2.48. The Balaban J connectivity index is 1.22. The highest BCUT2D eigenvalue weighted by Crippen LogP contribution is 2.59. The number of anilines is 3. The standard InChI is InChI=1S/C56H39N/c1-6-20-40(21-7-1)55(41-22-8-2-9-23-41)51-32-18-16-30-47(51)49-36-34-45(38-53(49)55)57(44-28-14-5-15-29-44)46-35-37-50-48-31-17-19-33-52(48)56(54(50)39-46,42-24-10-3-11-25-42)43-26-12-4-13-27-43/h1-39H/i5D,28D,29D. The zero-order valence-electron chi connectivity index (χ0n) is 34.2. The molecule has 2 aliphatic rings. The van der Waals surface area contributed by atoms with Crippen LogP contribution in [0, 0.1) is 0 Å². The second-order valence-electron chi connectivity index (χ2n) is 14.9. The minimum absolute atomic E-state index is 0.120. The quantitative estimate of drug-likeness (QED) is 0.158. The summed E-state index contributed by atoms with van der Waals surface area (Å²) in [4.78, 5) is 2.08. The summed E-state index contributed by atoms with van der Waals surface area (Å²) < 4.78 is 27.3. The second-order valence-corrected chi connectivity index (χ2v) is 14.9. The topological polar surface area (TPSA) is 3.24 Å². The molecule has 0 aliphatic heterocycles. The summed E-state index contributed by atoms with van der Waals surface area (Å²) in [5.41, 5.74) is 14.8. The van der Waals surface area contributed by atoms with Crippen molar-refractivity contribution in [3.8, 4) is 22.3 Å². The fraction of sp³-hybridized carbons (Fsp3) is 0.0357. The summed E-state index contributed by atoms with van der Waals surface area (Å²) in [5.74, 6) is 0. The monoisotopic (exact) mass is 728 g/mol. The molecule has 0 N–H and O–H groups in total. The van der Waals surface area contributed by atoms with Gasteiger partial charge in [-0.05, 0) is 103 Å². The molecule has 9 aromatic rings. The van der Waals surface area contributed by atoms with Crippen LogP contribution in [0.4, 0.5) is 17.1 Å². The molecule has 0 saturated carbocycles. The summed E-state index contributed by atoms with van der Waals surface area (Å²) in [6.07, 6.45) is 0. The van der Waals surface area contributed by atoms with Crippen LogP contribution < -0.4 is 4.90 Å². The summed E-state index contributed by atoms with van der Waals surface area (Å²) in [5, 5.41) is 0. The lowest BCUT2D eigenvalue weighted by Gasteiger charge is -2.36. The summed E-state index contributed by atoms with van der Waals surface area (Å²) in [6.45, 7) is 0. The first kappa shape index (κ1) is 30.1. The van der Waals surface area contributed by atoms with Crippen LogP contribution in [0.3, 0.4) is 0 Å². The molecule has 9 aromatic carbocycles. The van der Waals surface area contributed by atoms with Gasteiger partial charge >= 0.3 is 0 Å². The van der Waals surface area contributed by atoms with Crippen LogP contribution in [0.2, 0.25) is 0 Å². The molecule has 0 fully saturated rings. The van der Waals surface area contributed by atoms with Gasteiger partial charge in [0.2, 0.25) is 0 Å². The predicted octanol–water partition coefficient (Wildman–Crippen LogP) is 13.9. The first-order valence-electron chi connectivity index (χ1n) is 21.1. The van der Waals surface area contributed by atoms with Gasteiger partial charge in [-0.3, -0.25) is 0 Å². The van der Waals surface area contributed by atoms with Crippen molar-refractivity contribution < 1.29 is 4.11 Å². The van der Waals surface area contributed by atoms with E-state index in [1.807, 2.05) is 0 Å². The van der Waals surface area contributed by atoms with Gasteiger partial charge in [0.1, 0.15) is 0 Å². The highest BCUT2D eigenvalue weighted by molar-refractivity contribution is 5.92. The Morgan fingerprint density at radius 3 is 1.02 bits per heavy atom. The Morgan fingerprint density at radius 2 is 0.632 bits per heavy atom. The van der Waals surface area contributed by atoms with Crippen molar-refractivity contribution in [1.29, 1.82) is 0 Å². The molecule has 1 heteroatoms. The van der Waals surface area contributed by atoms with E-state index in [-0.39, 0.29) is 18.1 Å². The maximum atomic E-state index is 9.41. The van der Waals surface area contributed by atoms with E-state index in [9.17, 15) is 2.74 Å².